The van der Waals surface area contributed by atoms with Crippen LogP contribution in [0.2, 0.25) is 0 Å². The molecule has 0 spiro atoms. The Morgan fingerprint density at radius 3 is 2.36 bits per heavy atom. The second-order valence-corrected chi connectivity index (χ2v) is 9.59. The summed E-state index contributed by atoms with van der Waals surface area (Å²) >= 11 is 0. The molecule has 4 aromatic rings. The maximum absolute atomic E-state index is 13.8. The van der Waals surface area contributed by atoms with Gasteiger partial charge in [0, 0.05) is 31.4 Å². The van der Waals surface area contributed by atoms with Crippen molar-refractivity contribution in [3.05, 3.63) is 108 Å². The average Bonchev–Trinajstić information content (AvgIpc) is 3.50. The Hall–Kier alpha value is -5.32. The number of nitrogens with zero attached hydrogens (tertiary/aromatic N) is 3. The van der Waals surface area contributed by atoms with Crippen LogP contribution in [-0.4, -0.2) is 57.0 Å². The van der Waals surface area contributed by atoms with Crippen molar-refractivity contribution < 1.29 is 24.2 Å². The number of aromatic amines is 1. The lowest BCUT2D eigenvalue weighted by molar-refractivity contribution is -0.137. The predicted molar refractivity (Wildman–Crippen MR) is 159 cm³/mol. The van der Waals surface area contributed by atoms with E-state index in [1.165, 1.54) is 22.3 Å². The second kappa shape index (κ2) is 14.4. The number of carbonyl (C=O) groups is 3. The molecule has 11 heteroatoms. The molecule has 218 valence electrons. The number of likely N-dealkylation sites (N-methyl/N-ethyl adjacent to an activating group) is 1. The number of nitrogen functional groups attached to an aromatic ring is 1. The van der Waals surface area contributed by atoms with Gasteiger partial charge < -0.3 is 35.7 Å². The van der Waals surface area contributed by atoms with Gasteiger partial charge in [0.15, 0.2) is 0 Å². The van der Waals surface area contributed by atoms with E-state index >= 15 is 0 Å². The highest BCUT2D eigenvalue weighted by atomic mass is 16.5. The van der Waals surface area contributed by atoms with Crippen LogP contribution in [0.3, 0.4) is 0 Å². The van der Waals surface area contributed by atoms with E-state index in [2.05, 4.69) is 15.3 Å². The topological polar surface area (TPSA) is 154 Å². The Kier molecular flexibility index (Phi) is 10.1. The predicted octanol–water partition coefficient (Wildman–Crippen LogP) is 3.83. The van der Waals surface area contributed by atoms with Gasteiger partial charge in [0.05, 0.1) is 17.7 Å². The van der Waals surface area contributed by atoms with Crippen LogP contribution >= 0.6 is 0 Å². The van der Waals surface area contributed by atoms with Crippen LogP contribution in [0.5, 0.6) is 5.75 Å². The summed E-state index contributed by atoms with van der Waals surface area (Å²) in [6.07, 6.45) is 1.64. The first-order valence-corrected chi connectivity index (χ1v) is 13.5. The molecule has 0 fully saturated rings. The molecule has 11 nitrogen and oxygen atoms in total. The third-order valence-electron chi connectivity index (χ3n) is 6.60. The number of anilines is 2. The monoisotopic (exact) mass is 570 g/mol. The number of nitrogens with two attached hydrogens (primary N) is 1. The van der Waals surface area contributed by atoms with E-state index < -0.39 is 18.0 Å². The first kappa shape index (κ1) is 29.7. The van der Waals surface area contributed by atoms with E-state index in [9.17, 15) is 19.5 Å². The third-order valence-corrected chi connectivity index (χ3v) is 6.60. The number of imidazole rings is 1. The van der Waals surface area contributed by atoms with Gasteiger partial charge in [-0.15, -0.1) is 0 Å². The van der Waals surface area contributed by atoms with E-state index in [4.69, 9.17) is 10.5 Å². The Balaban J connectivity index is 1.55. The molecule has 0 saturated heterocycles. The fourth-order valence-electron chi connectivity index (χ4n) is 4.51. The van der Waals surface area contributed by atoms with Crippen molar-refractivity contribution in [1.29, 1.82) is 0 Å². The van der Waals surface area contributed by atoms with Gasteiger partial charge >= 0.3 is 6.09 Å². The number of para-hydroxylation sites is 2. The van der Waals surface area contributed by atoms with Crippen molar-refractivity contribution in [1.82, 2.24) is 20.2 Å². The highest BCUT2D eigenvalue weighted by Crippen LogP contribution is 2.23. The van der Waals surface area contributed by atoms with Gasteiger partial charge in [-0.2, -0.15) is 0 Å². The molecule has 1 aromatic heterocycles. The molecule has 1 heterocycles. The van der Waals surface area contributed by atoms with Gasteiger partial charge in [0.1, 0.15) is 24.9 Å². The van der Waals surface area contributed by atoms with Gasteiger partial charge in [-0.1, -0.05) is 54.6 Å². The van der Waals surface area contributed by atoms with E-state index in [1.807, 2.05) is 49.4 Å². The number of benzene rings is 3. The summed E-state index contributed by atoms with van der Waals surface area (Å²) in [7, 11) is 0. The molecule has 3 aromatic carbocycles. The highest BCUT2D eigenvalue weighted by molar-refractivity contribution is 5.99. The van der Waals surface area contributed by atoms with Gasteiger partial charge in [0.2, 0.25) is 11.8 Å². The molecule has 0 radical (unpaired) electrons. The van der Waals surface area contributed by atoms with E-state index in [0.717, 1.165) is 11.1 Å². The molecule has 0 bridgehead atoms. The first-order chi connectivity index (χ1) is 20.3. The minimum absolute atomic E-state index is 0.0329. The van der Waals surface area contributed by atoms with Crippen LogP contribution in [0.4, 0.5) is 16.2 Å². The van der Waals surface area contributed by atoms with E-state index in [1.54, 1.807) is 36.4 Å². The SMILES string of the molecule is CCN(C(=O)CN(Cc1ccc(OCc2ccccc2)cc1)C(=O)C(Cc1cnc[nH]1)NC(=O)O)c1ccccc1N. The number of nitrogens with one attached hydrogen (secondary N) is 2. The van der Waals surface area contributed by atoms with Crippen LogP contribution in [0.15, 0.2) is 91.4 Å². The molecule has 5 N–H and O–H groups in total. The molecule has 0 aliphatic rings. The Labute approximate surface area is 243 Å². The molecule has 1 atom stereocenters. The molecule has 4 rings (SSSR count). The number of H-pyrrole nitrogens is 1. The smallest absolute Gasteiger partial charge is 0.405 e. The Morgan fingerprint density at radius 2 is 1.71 bits per heavy atom. The van der Waals surface area contributed by atoms with Gasteiger partial charge in [-0.05, 0) is 42.3 Å². The second-order valence-electron chi connectivity index (χ2n) is 9.59. The lowest BCUT2D eigenvalue weighted by Gasteiger charge is -2.30. The molecule has 42 heavy (non-hydrogen) atoms. The number of ether oxygens (including phenoxy) is 1. The maximum Gasteiger partial charge on any atom is 0.405 e. The van der Waals surface area contributed by atoms with Crippen LogP contribution in [0.25, 0.3) is 0 Å². The molecule has 0 saturated carbocycles. The number of hydrogen-bond acceptors (Lipinski definition) is 6. The van der Waals surface area contributed by atoms with Crippen molar-refractivity contribution >= 4 is 29.3 Å². The van der Waals surface area contributed by atoms with Crippen LogP contribution in [0, 0.1) is 0 Å². The van der Waals surface area contributed by atoms with Crippen molar-refractivity contribution in [2.75, 3.05) is 23.7 Å². The standard InChI is InChI=1S/C31H34N6O5/c1-2-37(28-11-7-6-10-26(28)32)29(38)19-36(30(39)27(35-31(40)41)16-24-17-33-21-34-24)18-22-12-14-25(15-13-22)42-20-23-8-4-3-5-9-23/h3-15,17,21,27,35H,2,16,18-20,32H2,1H3,(H,33,34)(H,40,41). The molecule has 3 amide bonds. The lowest BCUT2D eigenvalue weighted by atomic mass is 10.1. The summed E-state index contributed by atoms with van der Waals surface area (Å²) in [4.78, 5) is 48.7. The number of amides is 3. The van der Waals surface area contributed by atoms with Crippen LogP contribution in [-0.2, 0) is 29.2 Å². The number of hydrogen-bond donors (Lipinski definition) is 4. The van der Waals surface area contributed by atoms with E-state index in [-0.39, 0.29) is 25.4 Å². The minimum atomic E-state index is -1.36. The summed E-state index contributed by atoms with van der Waals surface area (Å²) in [5, 5.41) is 11.8. The maximum atomic E-state index is 13.8. The molecule has 0 aliphatic carbocycles. The molecular weight excluding hydrogens is 536 g/mol. The fraction of sp³-hybridized carbons (Fsp3) is 0.226. The number of carbonyl (C=O) groups excluding carboxylic acids is 2. The van der Waals surface area contributed by atoms with Crippen LogP contribution in [0.1, 0.15) is 23.7 Å². The summed E-state index contributed by atoms with van der Waals surface area (Å²) in [6, 6.07) is 22.8. The Morgan fingerprint density at radius 1 is 1.00 bits per heavy atom. The lowest BCUT2D eigenvalue weighted by Crippen LogP contribution is -2.52. The zero-order valence-corrected chi connectivity index (χ0v) is 23.3. The van der Waals surface area contributed by atoms with Gasteiger partial charge in [-0.3, -0.25) is 9.59 Å². The van der Waals surface area contributed by atoms with Crippen LogP contribution < -0.4 is 20.7 Å². The third kappa shape index (κ3) is 8.10. The van der Waals surface area contributed by atoms with Gasteiger partial charge in [0.25, 0.3) is 0 Å². The fourth-order valence-corrected chi connectivity index (χ4v) is 4.51. The normalized spacial score (nSPS) is 11.4. The van der Waals surface area contributed by atoms with Crippen molar-refractivity contribution in [2.45, 2.75) is 32.5 Å². The average molecular weight is 571 g/mol. The molecular formula is C31H34N6O5. The van der Waals surface area contributed by atoms with Crippen molar-refractivity contribution in [3.8, 4) is 5.75 Å². The minimum Gasteiger partial charge on any atom is -0.489 e. The summed E-state index contributed by atoms with van der Waals surface area (Å²) < 4.78 is 5.87. The largest absolute Gasteiger partial charge is 0.489 e. The van der Waals surface area contributed by atoms with E-state index in [0.29, 0.717) is 36.0 Å². The highest BCUT2D eigenvalue weighted by Gasteiger charge is 2.30. The first-order valence-electron chi connectivity index (χ1n) is 13.5. The number of aromatic nitrogens is 2. The Bertz CT molecular complexity index is 1460. The number of carboxylic acid groups (broad SMARTS) is 1. The van der Waals surface area contributed by atoms with Crippen molar-refractivity contribution in [2.24, 2.45) is 0 Å². The molecule has 0 aliphatic heterocycles. The number of rotatable bonds is 13. The zero-order valence-electron chi connectivity index (χ0n) is 23.3. The zero-order chi connectivity index (χ0) is 29.9. The van der Waals surface area contributed by atoms with Gasteiger partial charge in [-0.25, -0.2) is 9.78 Å². The molecule has 1 unspecified atom stereocenters. The van der Waals surface area contributed by atoms with Crippen molar-refractivity contribution in [3.63, 3.8) is 0 Å². The summed E-state index contributed by atoms with van der Waals surface area (Å²) in [5.41, 5.74) is 9.44. The summed E-state index contributed by atoms with van der Waals surface area (Å²) in [6.45, 7) is 2.32. The summed E-state index contributed by atoms with van der Waals surface area (Å²) in [5.74, 6) is -0.262. The quantitative estimate of drug-likeness (QED) is 0.178.